The summed E-state index contributed by atoms with van der Waals surface area (Å²) in [4.78, 5) is 28.6. The highest BCUT2D eigenvalue weighted by Crippen LogP contribution is 2.22. The number of methoxy groups -OCH3 is 1. The van der Waals surface area contributed by atoms with Crippen molar-refractivity contribution in [2.75, 3.05) is 12.9 Å². The predicted molar refractivity (Wildman–Crippen MR) is 128 cm³/mol. The Labute approximate surface area is 194 Å². The van der Waals surface area contributed by atoms with Gasteiger partial charge in [-0.2, -0.15) is 0 Å². The van der Waals surface area contributed by atoms with Gasteiger partial charge in [0.1, 0.15) is 11.8 Å². The van der Waals surface area contributed by atoms with Gasteiger partial charge in [0.25, 0.3) is 0 Å². The van der Waals surface area contributed by atoms with E-state index in [2.05, 4.69) is 5.32 Å². The summed E-state index contributed by atoms with van der Waals surface area (Å²) < 4.78 is 5.30. The molecule has 0 aromatic heterocycles. The number of nitrogens with zero attached hydrogens (tertiary/aromatic N) is 1. The molecule has 2 rings (SSSR count). The molecule has 0 fully saturated rings. The number of carbonyl (C=O) groups excluding carboxylic acids is 2. The average molecular weight is 463 g/mol. The molecule has 2 aromatic rings. The molecule has 0 aliphatic rings. The summed E-state index contributed by atoms with van der Waals surface area (Å²) in [6, 6.07) is 14.5. The number of thioether (sulfide) groups is 1. The zero-order chi connectivity index (χ0) is 23.0. The van der Waals surface area contributed by atoms with Crippen LogP contribution in [0.25, 0.3) is 0 Å². The molecule has 0 aliphatic heterocycles. The highest BCUT2D eigenvalue weighted by molar-refractivity contribution is 7.99. The van der Waals surface area contributed by atoms with Crippen molar-refractivity contribution in [2.24, 2.45) is 0 Å². The van der Waals surface area contributed by atoms with Gasteiger partial charge in [0.15, 0.2) is 0 Å². The van der Waals surface area contributed by atoms with E-state index >= 15 is 0 Å². The highest BCUT2D eigenvalue weighted by Gasteiger charge is 2.28. The molecule has 0 spiro atoms. The minimum absolute atomic E-state index is 0.0687. The van der Waals surface area contributed by atoms with E-state index < -0.39 is 6.04 Å². The fraction of sp³-hybridized carbons (Fsp3) is 0.417. The maximum atomic E-state index is 13.1. The van der Waals surface area contributed by atoms with Crippen molar-refractivity contribution in [2.45, 2.75) is 57.1 Å². The Morgan fingerprint density at radius 2 is 1.84 bits per heavy atom. The van der Waals surface area contributed by atoms with Crippen LogP contribution in [0, 0.1) is 0 Å². The van der Waals surface area contributed by atoms with Crippen LogP contribution in [0.3, 0.4) is 0 Å². The monoisotopic (exact) mass is 462 g/mol. The topological polar surface area (TPSA) is 58.6 Å². The Morgan fingerprint density at radius 3 is 2.45 bits per heavy atom. The normalized spacial score (nSPS) is 12.2. The minimum Gasteiger partial charge on any atom is -0.497 e. The third-order valence-corrected chi connectivity index (χ3v) is 5.82. The van der Waals surface area contributed by atoms with E-state index in [1.165, 1.54) is 0 Å². The van der Waals surface area contributed by atoms with Crippen LogP contribution in [0.4, 0.5) is 0 Å². The van der Waals surface area contributed by atoms with Gasteiger partial charge in [0.05, 0.1) is 7.11 Å². The molecule has 1 N–H and O–H groups in total. The lowest BCUT2D eigenvalue weighted by Crippen LogP contribution is -2.52. The number of rotatable bonds is 9. The number of halogens is 1. The van der Waals surface area contributed by atoms with E-state index in [9.17, 15) is 9.59 Å². The number of hydrogen-bond donors (Lipinski definition) is 1. The van der Waals surface area contributed by atoms with E-state index in [-0.39, 0.29) is 17.4 Å². The van der Waals surface area contributed by atoms with Gasteiger partial charge < -0.3 is 15.0 Å². The second kappa shape index (κ2) is 11.4. The molecule has 168 valence electrons. The first-order chi connectivity index (χ1) is 14.6. The lowest BCUT2D eigenvalue weighted by Gasteiger charge is -2.31. The molecule has 0 saturated carbocycles. The fourth-order valence-corrected chi connectivity index (χ4v) is 3.92. The summed E-state index contributed by atoms with van der Waals surface area (Å²) in [5, 5.41) is 3.66. The highest BCUT2D eigenvalue weighted by atomic mass is 35.5. The average Bonchev–Trinajstić information content (AvgIpc) is 2.71. The van der Waals surface area contributed by atoms with Gasteiger partial charge >= 0.3 is 0 Å². The summed E-state index contributed by atoms with van der Waals surface area (Å²) in [5.74, 6) is 1.09. The Hall–Kier alpha value is -2.18. The van der Waals surface area contributed by atoms with E-state index in [4.69, 9.17) is 16.3 Å². The van der Waals surface area contributed by atoms with Crippen LogP contribution < -0.4 is 10.1 Å². The molecule has 0 saturated heterocycles. The van der Waals surface area contributed by atoms with Crippen molar-refractivity contribution >= 4 is 35.2 Å². The number of amides is 2. The molecule has 0 bridgehead atoms. The zero-order valence-electron chi connectivity index (χ0n) is 18.8. The molecule has 0 aliphatic carbocycles. The van der Waals surface area contributed by atoms with Crippen molar-refractivity contribution in [3.8, 4) is 5.75 Å². The first kappa shape index (κ1) is 25.1. The smallest absolute Gasteiger partial charge is 0.242 e. The molecule has 5 nitrogen and oxygen atoms in total. The second-order valence-electron chi connectivity index (χ2n) is 8.34. The molecule has 31 heavy (non-hydrogen) atoms. The van der Waals surface area contributed by atoms with Gasteiger partial charge in [0.2, 0.25) is 11.8 Å². The maximum Gasteiger partial charge on any atom is 0.242 e. The van der Waals surface area contributed by atoms with Crippen LogP contribution >= 0.6 is 23.4 Å². The van der Waals surface area contributed by atoms with Crippen molar-refractivity contribution in [3.63, 3.8) is 0 Å². The summed E-state index contributed by atoms with van der Waals surface area (Å²) in [7, 11) is 1.61. The standard InChI is InChI=1S/C24H31ClN2O3S/c1-17(23(29)26-24(2,3)4)27(16-18-7-6-8-20(15-18)30-5)22(28)13-14-31-21-11-9-19(25)10-12-21/h6-12,15,17H,13-14,16H2,1-5H3,(H,26,29). The third-order valence-electron chi connectivity index (χ3n) is 4.55. The zero-order valence-corrected chi connectivity index (χ0v) is 20.3. The van der Waals surface area contributed by atoms with Crippen molar-refractivity contribution in [3.05, 3.63) is 59.1 Å². The summed E-state index contributed by atoms with van der Waals surface area (Å²) >= 11 is 7.52. The summed E-state index contributed by atoms with van der Waals surface area (Å²) in [5.41, 5.74) is 0.536. The van der Waals surface area contributed by atoms with Gasteiger partial charge in [-0.3, -0.25) is 9.59 Å². The number of ether oxygens (including phenoxy) is 1. The van der Waals surface area contributed by atoms with Crippen LogP contribution in [-0.4, -0.2) is 41.2 Å². The molecule has 2 amide bonds. The number of hydrogen-bond acceptors (Lipinski definition) is 4. The van der Waals surface area contributed by atoms with Crippen LogP contribution in [0.5, 0.6) is 5.75 Å². The number of benzene rings is 2. The summed E-state index contributed by atoms with van der Waals surface area (Å²) in [6.07, 6.45) is 0.324. The third kappa shape index (κ3) is 8.46. The molecular weight excluding hydrogens is 432 g/mol. The molecule has 2 aromatic carbocycles. The molecule has 0 heterocycles. The SMILES string of the molecule is COc1cccc(CN(C(=O)CCSc2ccc(Cl)cc2)C(C)C(=O)NC(C)(C)C)c1. The predicted octanol–water partition coefficient (Wildman–Crippen LogP) is 5.16. The Bertz CT molecular complexity index is 881. The first-order valence-corrected chi connectivity index (χ1v) is 11.6. The minimum atomic E-state index is -0.599. The first-order valence-electron chi connectivity index (χ1n) is 10.2. The van der Waals surface area contributed by atoms with Crippen LogP contribution in [-0.2, 0) is 16.1 Å². The van der Waals surface area contributed by atoms with Crippen LogP contribution in [0.1, 0.15) is 39.7 Å². The van der Waals surface area contributed by atoms with Gasteiger partial charge in [-0.1, -0.05) is 23.7 Å². The molecule has 1 unspecified atom stereocenters. The fourth-order valence-electron chi connectivity index (χ4n) is 2.95. The van der Waals surface area contributed by atoms with Crippen LogP contribution in [0.15, 0.2) is 53.4 Å². The molecule has 1 atom stereocenters. The van der Waals surface area contributed by atoms with Crippen LogP contribution in [0.2, 0.25) is 5.02 Å². The van der Waals surface area contributed by atoms with Gasteiger partial charge in [0, 0.05) is 34.2 Å². The van der Waals surface area contributed by atoms with Gasteiger partial charge in [-0.15, -0.1) is 11.8 Å². The van der Waals surface area contributed by atoms with E-state index in [1.54, 1.807) is 30.7 Å². The molecule has 0 radical (unpaired) electrons. The Balaban J connectivity index is 2.11. The van der Waals surface area contributed by atoms with Crippen molar-refractivity contribution < 1.29 is 14.3 Å². The van der Waals surface area contributed by atoms with Gasteiger partial charge in [-0.25, -0.2) is 0 Å². The number of nitrogens with one attached hydrogen (secondary N) is 1. The lowest BCUT2D eigenvalue weighted by molar-refractivity contribution is -0.140. The summed E-state index contributed by atoms with van der Waals surface area (Å²) in [6.45, 7) is 7.88. The van der Waals surface area contributed by atoms with Gasteiger partial charge in [-0.05, 0) is 69.7 Å². The van der Waals surface area contributed by atoms with Crippen molar-refractivity contribution in [1.82, 2.24) is 10.2 Å². The molecule has 7 heteroatoms. The Morgan fingerprint density at radius 1 is 1.16 bits per heavy atom. The van der Waals surface area contributed by atoms with E-state index in [0.717, 1.165) is 16.2 Å². The number of carbonyl (C=O) groups is 2. The Kier molecular flexibility index (Phi) is 9.26. The lowest BCUT2D eigenvalue weighted by atomic mass is 10.1. The largest absolute Gasteiger partial charge is 0.497 e. The second-order valence-corrected chi connectivity index (χ2v) is 9.95. The van der Waals surface area contributed by atoms with E-state index in [1.807, 2.05) is 69.3 Å². The quantitative estimate of drug-likeness (QED) is 0.523. The maximum absolute atomic E-state index is 13.1. The molecular formula is C24H31ClN2O3S. The van der Waals surface area contributed by atoms with Crippen molar-refractivity contribution in [1.29, 1.82) is 0 Å². The van der Waals surface area contributed by atoms with E-state index in [0.29, 0.717) is 23.7 Å².